The largest absolute Gasteiger partial charge is 0.378 e. The van der Waals surface area contributed by atoms with Crippen LogP contribution in [0.2, 0.25) is 0 Å². The van der Waals surface area contributed by atoms with E-state index in [4.69, 9.17) is 4.74 Å². The molecule has 2 aliphatic heterocycles. The van der Waals surface area contributed by atoms with Crippen LogP contribution >= 0.6 is 11.8 Å². The molecule has 2 amide bonds. The molecule has 9 heteroatoms. The smallest absolute Gasteiger partial charge is 0.227 e. The van der Waals surface area contributed by atoms with Gasteiger partial charge in [-0.3, -0.25) is 9.59 Å². The van der Waals surface area contributed by atoms with Gasteiger partial charge in [0, 0.05) is 33.2 Å². The lowest BCUT2D eigenvalue weighted by molar-refractivity contribution is -0.141. The van der Waals surface area contributed by atoms with E-state index in [-0.39, 0.29) is 23.7 Å². The summed E-state index contributed by atoms with van der Waals surface area (Å²) >= 11 is 1.57. The van der Waals surface area contributed by atoms with Crippen molar-refractivity contribution in [3.63, 3.8) is 0 Å². The van der Waals surface area contributed by atoms with Gasteiger partial charge in [-0.15, -0.1) is 0 Å². The molecular formula is C17H27N5O3S. The molecule has 2 fully saturated rings. The Morgan fingerprint density at radius 1 is 1.35 bits per heavy atom. The Morgan fingerprint density at radius 2 is 2.08 bits per heavy atom. The lowest BCUT2D eigenvalue weighted by atomic mass is 9.88. The SMILES string of the molecule is CSc1ncc(CNC(=O)[C@H]2CNC[C@H](C(=O)N3CCOCC3)C2)n1C. The monoisotopic (exact) mass is 381 g/mol. The highest BCUT2D eigenvalue weighted by molar-refractivity contribution is 7.98. The Bertz CT molecular complexity index is 644. The summed E-state index contributed by atoms with van der Waals surface area (Å²) in [5.41, 5.74) is 0.965. The molecule has 0 spiro atoms. The second-order valence-electron chi connectivity index (χ2n) is 6.74. The minimum absolute atomic E-state index is 0.0103. The summed E-state index contributed by atoms with van der Waals surface area (Å²) in [6.45, 7) is 4.17. The average molecular weight is 382 g/mol. The Hall–Kier alpha value is -1.58. The van der Waals surface area contributed by atoms with E-state index in [0.29, 0.717) is 52.4 Å². The number of piperidine rings is 1. The first-order valence-electron chi connectivity index (χ1n) is 8.99. The van der Waals surface area contributed by atoms with Gasteiger partial charge in [0.15, 0.2) is 5.16 Å². The maximum absolute atomic E-state index is 12.7. The Balaban J connectivity index is 1.52. The zero-order chi connectivity index (χ0) is 18.5. The number of carbonyl (C=O) groups is 2. The minimum atomic E-state index is -0.188. The molecule has 0 unspecified atom stereocenters. The van der Waals surface area contributed by atoms with E-state index in [0.717, 1.165) is 10.9 Å². The molecule has 3 rings (SSSR count). The number of nitrogens with one attached hydrogen (secondary N) is 2. The first-order valence-corrected chi connectivity index (χ1v) is 10.2. The van der Waals surface area contributed by atoms with Gasteiger partial charge in [-0.2, -0.15) is 0 Å². The molecule has 0 saturated carbocycles. The molecule has 26 heavy (non-hydrogen) atoms. The molecule has 1 aromatic heterocycles. The van der Waals surface area contributed by atoms with E-state index in [1.54, 1.807) is 18.0 Å². The molecule has 3 heterocycles. The number of hydrogen-bond donors (Lipinski definition) is 2. The average Bonchev–Trinajstić information content (AvgIpc) is 3.06. The zero-order valence-corrected chi connectivity index (χ0v) is 16.2. The Kier molecular flexibility index (Phi) is 6.55. The number of hydrogen-bond acceptors (Lipinski definition) is 6. The van der Waals surface area contributed by atoms with Gasteiger partial charge in [0.1, 0.15) is 0 Å². The van der Waals surface area contributed by atoms with Gasteiger partial charge in [-0.25, -0.2) is 4.98 Å². The topological polar surface area (TPSA) is 88.5 Å². The summed E-state index contributed by atoms with van der Waals surface area (Å²) in [6.07, 6.45) is 4.36. The van der Waals surface area contributed by atoms with Gasteiger partial charge < -0.3 is 24.8 Å². The molecule has 2 atom stereocenters. The fourth-order valence-corrected chi connectivity index (χ4v) is 4.02. The molecule has 0 radical (unpaired) electrons. The van der Waals surface area contributed by atoms with Crippen LogP contribution in [0.3, 0.4) is 0 Å². The van der Waals surface area contributed by atoms with Crippen LogP contribution in [0.25, 0.3) is 0 Å². The number of morpholine rings is 1. The third-order valence-electron chi connectivity index (χ3n) is 5.06. The van der Waals surface area contributed by atoms with Gasteiger partial charge in [0.2, 0.25) is 11.8 Å². The van der Waals surface area contributed by atoms with Crippen LogP contribution in [0.15, 0.2) is 11.4 Å². The Labute approximate surface area is 158 Å². The summed E-state index contributed by atoms with van der Waals surface area (Å²) < 4.78 is 7.29. The van der Waals surface area contributed by atoms with Crippen LogP contribution < -0.4 is 10.6 Å². The first kappa shape index (κ1) is 19.2. The van der Waals surface area contributed by atoms with E-state index in [2.05, 4.69) is 15.6 Å². The maximum atomic E-state index is 12.7. The molecule has 144 valence electrons. The number of aromatic nitrogens is 2. The van der Waals surface area contributed by atoms with E-state index in [9.17, 15) is 9.59 Å². The minimum Gasteiger partial charge on any atom is -0.378 e. The van der Waals surface area contributed by atoms with Gasteiger partial charge >= 0.3 is 0 Å². The number of imidazole rings is 1. The fourth-order valence-electron chi connectivity index (χ4n) is 3.47. The fraction of sp³-hybridized carbons (Fsp3) is 0.706. The molecule has 2 N–H and O–H groups in total. The Morgan fingerprint density at radius 3 is 2.77 bits per heavy atom. The molecule has 0 aliphatic carbocycles. The van der Waals surface area contributed by atoms with Crippen LogP contribution in [-0.4, -0.2) is 71.9 Å². The van der Waals surface area contributed by atoms with Gasteiger partial charge in [-0.05, 0) is 12.7 Å². The van der Waals surface area contributed by atoms with Crippen molar-refractivity contribution < 1.29 is 14.3 Å². The van der Waals surface area contributed by atoms with Gasteiger partial charge in [-0.1, -0.05) is 11.8 Å². The van der Waals surface area contributed by atoms with Crippen molar-refractivity contribution in [2.45, 2.75) is 18.1 Å². The predicted molar refractivity (Wildman–Crippen MR) is 98.7 cm³/mol. The summed E-state index contributed by atoms with van der Waals surface area (Å²) in [5.74, 6) is -0.206. The van der Waals surface area contributed by atoms with Crippen LogP contribution in [0, 0.1) is 11.8 Å². The second-order valence-corrected chi connectivity index (χ2v) is 7.51. The zero-order valence-electron chi connectivity index (χ0n) is 15.4. The van der Waals surface area contributed by atoms with Crippen molar-refractivity contribution in [2.24, 2.45) is 18.9 Å². The van der Waals surface area contributed by atoms with Crippen LogP contribution in [0.4, 0.5) is 0 Å². The summed E-state index contributed by atoms with van der Waals surface area (Å²) in [5, 5.41) is 7.16. The van der Waals surface area contributed by atoms with Crippen molar-refractivity contribution in [1.29, 1.82) is 0 Å². The normalized spacial score (nSPS) is 23.7. The number of nitrogens with zero attached hydrogens (tertiary/aromatic N) is 3. The van der Waals surface area contributed by atoms with E-state index in [1.165, 1.54) is 0 Å². The number of rotatable bonds is 5. The van der Waals surface area contributed by atoms with Crippen LogP contribution in [-0.2, 0) is 27.9 Å². The molecular weight excluding hydrogens is 354 g/mol. The van der Waals surface area contributed by atoms with E-state index >= 15 is 0 Å². The number of amides is 2. The van der Waals surface area contributed by atoms with Crippen molar-refractivity contribution in [3.8, 4) is 0 Å². The van der Waals surface area contributed by atoms with Crippen molar-refractivity contribution in [2.75, 3.05) is 45.6 Å². The molecule has 2 aliphatic rings. The quantitative estimate of drug-likeness (QED) is 0.690. The molecule has 1 aromatic rings. The summed E-state index contributed by atoms with van der Waals surface area (Å²) in [7, 11) is 1.94. The highest BCUT2D eigenvalue weighted by atomic mass is 32.2. The molecule has 2 saturated heterocycles. The first-order chi connectivity index (χ1) is 12.6. The molecule has 8 nitrogen and oxygen atoms in total. The summed E-state index contributed by atoms with van der Waals surface area (Å²) in [4.78, 5) is 31.4. The van der Waals surface area contributed by atoms with Crippen LogP contribution in [0.1, 0.15) is 12.1 Å². The van der Waals surface area contributed by atoms with Crippen molar-refractivity contribution in [3.05, 3.63) is 11.9 Å². The van der Waals surface area contributed by atoms with Gasteiger partial charge in [0.05, 0.1) is 43.5 Å². The van der Waals surface area contributed by atoms with E-state index < -0.39 is 0 Å². The van der Waals surface area contributed by atoms with Crippen LogP contribution in [0.5, 0.6) is 0 Å². The third-order valence-corrected chi connectivity index (χ3v) is 5.81. The lowest BCUT2D eigenvalue weighted by Gasteiger charge is -2.34. The lowest BCUT2D eigenvalue weighted by Crippen LogP contribution is -2.51. The number of thioether (sulfide) groups is 1. The second kappa shape index (κ2) is 8.88. The van der Waals surface area contributed by atoms with Gasteiger partial charge in [0.25, 0.3) is 0 Å². The molecule has 0 bridgehead atoms. The van der Waals surface area contributed by atoms with Crippen molar-refractivity contribution in [1.82, 2.24) is 25.1 Å². The third kappa shape index (κ3) is 4.39. The highest BCUT2D eigenvalue weighted by Gasteiger charge is 2.33. The maximum Gasteiger partial charge on any atom is 0.227 e. The highest BCUT2D eigenvalue weighted by Crippen LogP contribution is 2.20. The molecule has 0 aromatic carbocycles. The van der Waals surface area contributed by atoms with E-state index in [1.807, 2.05) is 22.8 Å². The standard InChI is InChI=1S/C17H27N5O3S/c1-21-14(11-20-17(21)26-2)10-19-15(23)12-7-13(9-18-8-12)16(24)22-3-5-25-6-4-22/h11-13,18H,3-10H2,1-2H3,(H,19,23)/t12-,13-/m1/s1. The van der Waals surface area contributed by atoms with Crippen molar-refractivity contribution >= 4 is 23.6 Å². The summed E-state index contributed by atoms with van der Waals surface area (Å²) in [6, 6.07) is 0. The predicted octanol–water partition coefficient (Wildman–Crippen LogP) is -0.157. The number of ether oxygens (including phenoxy) is 1. The number of carbonyl (C=O) groups excluding carboxylic acids is 2.